The van der Waals surface area contributed by atoms with Crippen LogP contribution in [0.3, 0.4) is 0 Å². The summed E-state index contributed by atoms with van der Waals surface area (Å²) in [6.45, 7) is 4.23. The highest BCUT2D eigenvalue weighted by molar-refractivity contribution is 5.43. The number of ether oxygens (including phenoxy) is 2. The molecule has 0 aliphatic carbocycles. The SMILES string of the molecule is COc1ccc(N2CC3(CN4CCC3CC4)OC2N)nc1. The zero-order chi connectivity index (χ0) is 14.4. The number of fused-ring (bicyclic) bond motifs is 2. The quantitative estimate of drug-likeness (QED) is 0.862. The Hall–Kier alpha value is -1.37. The van der Waals surface area contributed by atoms with E-state index in [9.17, 15) is 0 Å². The fraction of sp³-hybridized carbons (Fsp3) is 0.667. The van der Waals surface area contributed by atoms with Crippen LogP contribution in [-0.4, -0.2) is 55.1 Å². The van der Waals surface area contributed by atoms with Crippen LogP contribution < -0.4 is 15.4 Å². The Kier molecular flexibility index (Phi) is 3.06. The lowest BCUT2D eigenvalue weighted by Gasteiger charge is -2.50. The molecule has 2 atom stereocenters. The summed E-state index contributed by atoms with van der Waals surface area (Å²) in [7, 11) is 1.64. The third-order valence-electron chi connectivity index (χ3n) is 5.17. The van der Waals surface area contributed by atoms with Crippen molar-refractivity contribution in [3.63, 3.8) is 0 Å². The largest absolute Gasteiger partial charge is 0.495 e. The lowest BCUT2D eigenvalue weighted by atomic mass is 9.75. The van der Waals surface area contributed by atoms with Crippen LogP contribution in [0.15, 0.2) is 18.3 Å². The topological polar surface area (TPSA) is 63.9 Å². The van der Waals surface area contributed by atoms with E-state index in [-0.39, 0.29) is 5.60 Å². The minimum Gasteiger partial charge on any atom is -0.495 e. The first kappa shape index (κ1) is 13.3. The molecule has 4 aliphatic rings. The summed E-state index contributed by atoms with van der Waals surface area (Å²) >= 11 is 0. The third-order valence-corrected chi connectivity index (χ3v) is 5.17. The Labute approximate surface area is 124 Å². The zero-order valence-electron chi connectivity index (χ0n) is 12.4. The summed E-state index contributed by atoms with van der Waals surface area (Å²) in [5, 5.41) is 0. The second-order valence-corrected chi connectivity index (χ2v) is 6.31. The molecule has 4 aliphatic heterocycles. The summed E-state index contributed by atoms with van der Waals surface area (Å²) in [6, 6.07) is 3.86. The van der Waals surface area contributed by atoms with E-state index in [1.165, 1.54) is 25.9 Å². The lowest BCUT2D eigenvalue weighted by molar-refractivity contribution is -0.137. The molecule has 2 bridgehead atoms. The Morgan fingerprint density at radius 3 is 2.71 bits per heavy atom. The van der Waals surface area contributed by atoms with Gasteiger partial charge in [0.2, 0.25) is 0 Å². The van der Waals surface area contributed by atoms with E-state index in [4.69, 9.17) is 15.2 Å². The first-order chi connectivity index (χ1) is 10.2. The van der Waals surface area contributed by atoms with Crippen molar-refractivity contribution in [2.75, 3.05) is 38.2 Å². The Morgan fingerprint density at radius 1 is 1.33 bits per heavy atom. The van der Waals surface area contributed by atoms with Crippen LogP contribution in [0.2, 0.25) is 0 Å². The van der Waals surface area contributed by atoms with Crippen molar-refractivity contribution in [3.05, 3.63) is 18.3 Å². The van der Waals surface area contributed by atoms with Gasteiger partial charge in [-0.1, -0.05) is 0 Å². The fourth-order valence-electron chi connectivity index (χ4n) is 4.03. The first-order valence-electron chi connectivity index (χ1n) is 7.63. The molecule has 21 heavy (non-hydrogen) atoms. The van der Waals surface area contributed by atoms with Gasteiger partial charge in [0.25, 0.3) is 0 Å². The molecule has 5 rings (SSSR count). The minimum absolute atomic E-state index is 0.114. The highest BCUT2D eigenvalue weighted by Gasteiger charge is 2.54. The number of nitrogens with zero attached hydrogens (tertiary/aromatic N) is 3. The molecule has 2 unspecified atom stereocenters. The summed E-state index contributed by atoms with van der Waals surface area (Å²) in [5.74, 6) is 2.23. The molecule has 6 nitrogen and oxygen atoms in total. The molecule has 6 heteroatoms. The number of anilines is 1. The number of aromatic nitrogens is 1. The van der Waals surface area contributed by atoms with E-state index in [0.29, 0.717) is 5.92 Å². The van der Waals surface area contributed by atoms with Crippen LogP contribution in [0.5, 0.6) is 5.75 Å². The van der Waals surface area contributed by atoms with Gasteiger partial charge in [-0.3, -0.25) is 5.73 Å². The van der Waals surface area contributed by atoms with Gasteiger partial charge in [0.05, 0.1) is 19.9 Å². The predicted octanol–water partition coefficient (Wildman–Crippen LogP) is 0.634. The number of rotatable bonds is 2. The van der Waals surface area contributed by atoms with Crippen molar-refractivity contribution in [1.82, 2.24) is 9.88 Å². The molecular weight excluding hydrogens is 268 g/mol. The number of methoxy groups -OCH3 is 1. The fourth-order valence-corrected chi connectivity index (χ4v) is 4.03. The van der Waals surface area contributed by atoms with Gasteiger partial charge in [-0.05, 0) is 44.0 Å². The number of hydrogen-bond acceptors (Lipinski definition) is 6. The zero-order valence-corrected chi connectivity index (χ0v) is 12.4. The highest BCUT2D eigenvalue weighted by atomic mass is 16.6. The molecule has 4 saturated heterocycles. The molecule has 2 N–H and O–H groups in total. The molecular formula is C15H22N4O2. The molecule has 0 amide bonds. The molecule has 4 fully saturated rings. The summed E-state index contributed by atoms with van der Waals surface area (Å²) in [5.41, 5.74) is 6.12. The van der Waals surface area contributed by atoms with Gasteiger partial charge in [-0.2, -0.15) is 0 Å². The maximum atomic E-state index is 6.24. The maximum absolute atomic E-state index is 6.24. The van der Waals surface area contributed by atoms with Gasteiger partial charge in [0.1, 0.15) is 17.2 Å². The molecule has 1 spiro atoms. The summed E-state index contributed by atoms with van der Waals surface area (Å²) in [6.07, 6.45) is 3.75. The molecule has 0 saturated carbocycles. The number of pyridine rings is 1. The average molecular weight is 290 g/mol. The second-order valence-electron chi connectivity index (χ2n) is 6.31. The van der Waals surface area contributed by atoms with E-state index < -0.39 is 6.35 Å². The lowest BCUT2D eigenvalue weighted by Crippen LogP contribution is -2.61. The van der Waals surface area contributed by atoms with Gasteiger partial charge < -0.3 is 19.3 Å². The predicted molar refractivity (Wildman–Crippen MR) is 79.1 cm³/mol. The van der Waals surface area contributed by atoms with Crippen LogP contribution in [0, 0.1) is 5.92 Å². The normalized spacial score (nSPS) is 38.2. The Balaban J connectivity index is 1.57. The van der Waals surface area contributed by atoms with Crippen molar-refractivity contribution < 1.29 is 9.47 Å². The van der Waals surface area contributed by atoms with Crippen LogP contribution in [0.1, 0.15) is 12.8 Å². The van der Waals surface area contributed by atoms with Crippen LogP contribution in [0.25, 0.3) is 0 Å². The second kappa shape index (κ2) is 4.83. The number of nitrogens with two attached hydrogens (primary N) is 1. The van der Waals surface area contributed by atoms with Crippen molar-refractivity contribution >= 4 is 5.82 Å². The summed E-state index contributed by atoms with van der Waals surface area (Å²) in [4.78, 5) is 9.02. The molecule has 1 aromatic heterocycles. The van der Waals surface area contributed by atoms with Crippen LogP contribution in [-0.2, 0) is 4.74 Å². The molecule has 0 radical (unpaired) electrons. The Morgan fingerprint density at radius 2 is 2.14 bits per heavy atom. The minimum atomic E-state index is -0.411. The molecule has 5 heterocycles. The van der Waals surface area contributed by atoms with E-state index in [2.05, 4.69) is 14.8 Å². The maximum Gasteiger partial charge on any atom is 0.186 e. The first-order valence-corrected chi connectivity index (χ1v) is 7.63. The number of piperidine rings is 3. The number of hydrogen-bond donors (Lipinski definition) is 1. The molecule has 0 aromatic carbocycles. The van der Waals surface area contributed by atoms with Crippen molar-refractivity contribution in [3.8, 4) is 5.75 Å². The van der Waals surface area contributed by atoms with Crippen molar-refractivity contribution in [2.45, 2.75) is 24.8 Å². The van der Waals surface area contributed by atoms with Gasteiger partial charge in [-0.25, -0.2) is 4.98 Å². The van der Waals surface area contributed by atoms with E-state index >= 15 is 0 Å². The van der Waals surface area contributed by atoms with Gasteiger partial charge in [-0.15, -0.1) is 0 Å². The van der Waals surface area contributed by atoms with Crippen molar-refractivity contribution in [1.29, 1.82) is 0 Å². The smallest absolute Gasteiger partial charge is 0.186 e. The van der Waals surface area contributed by atoms with E-state index in [0.717, 1.165) is 24.7 Å². The Bertz CT molecular complexity index is 515. The molecule has 114 valence electrons. The van der Waals surface area contributed by atoms with E-state index in [1.807, 2.05) is 12.1 Å². The molecule has 1 aromatic rings. The standard InChI is InChI=1S/C15H22N4O2/c1-20-12-2-3-13(17-8-12)19-10-15(21-14(19)16)9-18-6-4-11(15)5-7-18/h2-3,8,11,14H,4-7,9-10,16H2,1H3. The van der Waals surface area contributed by atoms with Gasteiger partial charge in [0.15, 0.2) is 6.35 Å². The third kappa shape index (κ3) is 2.09. The van der Waals surface area contributed by atoms with Gasteiger partial charge >= 0.3 is 0 Å². The van der Waals surface area contributed by atoms with Crippen molar-refractivity contribution in [2.24, 2.45) is 11.7 Å². The average Bonchev–Trinajstić information content (AvgIpc) is 2.85. The monoisotopic (exact) mass is 290 g/mol. The van der Waals surface area contributed by atoms with Crippen LogP contribution in [0.4, 0.5) is 5.82 Å². The van der Waals surface area contributed by atoms with Crippen LogP contribution >= 0.6 is 0 Å². The van der Waals surface area contributed by atoms with Gasteiger partial charge in [0, 0.05) is 6.54 Å². The summed E-state index contributed by atoms with van der Waals surface area (Å²) < 4.78 is 11.4. The highest BCUT2D eigenvalue weighted by Crippen LogP contribution is 2.43. The van der Waals surface area contributed by atoms with E-state index in [1.54, 1.807) is 13.3 Å².